The Hall–Kier alpha value is -1.35. The summed E-state index contributed by atoms with van der Waals surface area (Å²) < 4.78 is 0. The lowest BCUT2D eigenvalue weighted by atomic mass is 10.1. The van der Waals surface area contributed by atoms with Crippen molar-refractivity contribution in [2.24, 2.45) is 0 Å². The van der Waals surface area contributed by atoms with Crippen LogP contribution in [0, 0.1) is 0 Å². The number of aromatic nitrogens is 1. The minimum atomic E-state index is 0.664. The van der Waals surface area contributed by atoms with Crippen molar-refractivity contribution < 1.29 is 0 Å². The second-order valence-electron chi connectivity index (χ2n) is 5.16. The van der Waals surface area contributed by atoms with Crippen molar-refractivity contribution >= 4 is 29.3 Å². The summed E-state index contributed by atoms with van der Waals surface area (Å²) in [7, 11) is 0. The number of nitrogens with zero attached hydrogens (tertiary/aromatic N) is 2. The highest BCUT2D eigenvalue weighted by molar-refractivity contribution is 6.35. The predicted molar refractivity (Wildman–Crippen MR) is 88.7 cm³/mol. The van der Waals surface area contributed by atoms with Crippen LogP contribution in [0.2, 0.25) is 10.0 Å². The Balaban J connectivity index is 1.62. The fourth-order valence-corrected chi connectivity index (χ4v) is 3.02. The number of pyridine rings is 1. The van der Waals surface area contributed by atoms with Crippen molar-refractivity contribution in [1.29, 1.82) is 0 Å². The lowest BCUT2D eigenvalue weighted by molar-refractivity contribution is 0.279. The quantitative estimate of drug-likeness (QED) is 0.830. The highest BCUT2D eigenvalue weighted by Gasteiger charge is 2.15. The fourth-order valence-electron chi connectivity index (χ4n) is 2.55. The maximum Gasteiger partial charge on any atom is 0.0493 e. The number of halogens is 2. The molecule has 0 spiro atoms. The van der Waals surface area contributed by atoms with E-state index in [4.69, 9.17) is 23.2 Å². The van der Waals surface area contributed by atoms with Gasteiger partial charge in [-0.15, -0.1) is 0 Å². The second kappa shape index (κ2) is 6.61. The molecule has 2 aromatic rings. The van der Waals surface area contributed by atoms with E-state index in [1.807, 2.05) is 24.4 Å². The van der Waals surface area contributed by atoms with Crippen LogP contribution in [0.5, 0.6) is 0 Å². The number of rotatable bonds is 3. The minimum absolute atomic E-state index is 0.664. The SMILES string of the molecule is Clc1ccc(/C=C/CN2CCc3ncccc3C2)c(Cl)c1. The van der Waals surface area contributed by atoms with Gasteiger partial charge < -0.3 is 0 Å². The van der Waals surface area contributed by atoms with E-state index in [0.717, 1.165) is 31.6 Å². The minimum Gasteiger partial charge on any atom is -0.295 e. The van der Waals surface area contributed by atoms with E-state index >= 15 is 0 Å². The third-order valence-corrected chi connectivity index (χ3v) is 4.23. The molecule has 0 saturated heterocycles. The Labute approximate surface area is 135 Å². The molecule has 1 aromatic heterocycles. The van der Waals surface area contributed by atoms with Crippen LogP contribution in [-0.4, -0.2) is 23.0 Å². The third kappa shape index (κ3) is 3.65. The van der Waals surface area contributed by atoms with Crippen LogP contribution in [0.1, 0.15) is 16.8 Å². The van der Waals surface area contributed by atoms with Crippen molar-refractivity contribution in [2.45, 2.75) is 13.0 Å². The molecule has 0 fully saturated rings. The Bertz CT molecular complexity index is 668. The summed E-state index contributed by atoms with van der Waals surface area (Å²) >= 11 is 12.1. The average Bonchev–Trinajstić information content (AvgIpc) is 2.49. The third-order valence-electron chi connectivity index (χ3n) is 3.67. The van der Waals surface area contributed by atoms with E-state index < -0.39 is 0 Å². The maximum atomic E-state index is 6.16. The van der Waals surface area contributed by atoms with Gasteiger partial charge in [0, 0.05) is 48.0 Å². The standard InChI is InChI=1S/C17H16Cl2N2/c18-15-6-5-13(16(19)11-15)4-2-9-21-10-7-17-14(12-21)3-1-8-20-17/h1-6,8,11H,7,9-10,12H2/b4-2+. The van der Waals surface area contributed by atoms with Crippen LogP contribution in [0.3, 0.4) is 0 Å². The van der Waals surface area contributed by atoms with Gasteiger partial charge in [0.2, 0.25) is 0 Å². The van der Waals surface area contributed by atoms with Gasteiger partial charge >= 0.3 is 0 Å². The van der Waals surface area contributed by atoms with Crippen molar-refractivity contribution in [3.63, 3.8) is 0 Å². The summed E-state index contributed by atoms with van der Waals surface area (Å²) in [4.78, 5) is 6.83. The van der Waals surface area contributed by atoms with E-state index in [1.54, 1.807) is 6.07 Å². The molecule has 21 heavy (non-hydrogen) atoms. The molecular weight excluding hydrogens is 303 g/mol. The Kier molecular flexibility index (Phi) is 4.59. The molecule has 2 heterocycles. The van der Waals surface area contributed by atoms with Gasteiger partial charge in [-0.3, -0.25) is 9.88 Å². The van der Waals surface area contributed by atoms with Crippen LogP contribution < -0.4 is 0 Å². The summed E-state index contributed by atoms with van der Waals surface area (Å²) in [5.41, 5.74) is 3.57. The summed E-state index contributed by atoms with van der Waals surface area (Å²) in [6.45, 7) is 2.91. The molecule has 0 bridgehead atoms. The predicted octanol–water partition coefficient (Wildman–Crippen LogP) is 4.46. The molecule has 1 aromatic carbocycles. The molecule has 0 N–H and O–H groups in total. The topological polar surface area (TPSA) is 16.1 Å². The second-order valence-corrected chi connectivity index (χ2v) is 6.01. The summed E-state index contributed by atoms with van der Waals surface area (Å²) in [5, 5.41) is 1.35. The van der Waals surface area contributed by atoms with Gasteiger partial charge in [-0.1, -0.05) is 47.5 Å². The van der Waals surface area contributed by atoms with Crippen molar-refractivity contribution in [1.82, 2.24) is 9.88 Å². The molecule has 2 nitrogen and oxygen atoms in total. The maximum absolute atomic E-state index is 6.16. The fraction of sp³-hybridized carbons (Fsp3) is 0.235. The monoisotopic (exact) mass is 318 g/mol. The van der Waals surface area contributed by atoms with Crippen LogP contribution >= 0.6 is 23.2 Å². The number of fused-ring (bicyclic) bond motifs is 1. The zero-order valence-corrected chi connectivity index (χ0v) is 13.1. The van der Waals surface area contributed by atoms with Crippen LogP contribution in [-0.2, 0) is 13.0 Å². The van der Waals surface area contributed by atoms with Gasteiger partial charge in [-0.05, 0) is 29.3 Å². The molecule has 3 rings (SSSR count). The normalized spacial score (nSPS) is 15.3. The summed E-state index contributed by atoms with van der Waals surface area (Å²) in [5.74, 6) is 0. The Morgan fingerprint density at radius 1 is 1.24 bits per heavy atom. The largest absolute Gasteiger partial charge is 0.295 e. The molecular formula is C17H16Cl2N2. The molecule has 1 aliphatic rings. The van der Waals surface area contributed by atoms with Crippen LogP contribution in [0.15, 0.2) is 42.6 Å². The van der Waals surface area contributed by atoms with Gasteiger partial charge in [-0.25, -0.2) is 0 Å². The van der Waals surface area contributed by atoms with Gasteiger partial charge in [0.05, 0.1) is 0 Å². The van der Waals surface area contributed by atoms with Gasteiger partial charge in [0.1, 0.15) is 0 Å². The van der Waals surface area contributed by atoms with E-state index in [0.29, 0.717) is 10.0 Å². The molecule has 108 valence electrons. The zero-order valence-electron chi connectivity index (χ0n) is 11.6. The van der Waals surface area contributed by atoms with Gasteiger partial charge in [-0.2, -0.15) is 0 Å². The van der Waals surface area contributed by atoms with E-state index in [2.05, 4.69) is 28.1 Å². The molecule has 0 atom stereocenters. The average molecular weight is 319 g/mol. The van der Waals surface area contributed by atoms with Crippen LogP contribution in [0.4, 0.5) is 0 Å². The zero-order chi connectivity index (χ0) is 14.7. The highest BCUT2D eigenvalue weighted by Crippen LogP contribution is 2.22. The lowest BCUT2D eigenvalue weighted by Crippen LogP contribution is -2.31. The Morgan fingerprint density at radius 2 is 2.14 bits per heavy atom. The van der Waals surface area contributed by atoms with Crippen molar-refractivity contribution in [3.05, 3.63) is 69.5 Å². The first-order valence-electron chi connectivity index (χ1n) is 6.99. The van der Waals surface area contributed by atoms with Crippen LogP contribution in [0.25, 0.3) is 6.08 Å². The first-order chi connectivity index (χ1) is 10.2. The lowest BCUT2D eigenvalue weighted by Gasteiger charge is -2.26. The molecule has 0 saturated carbocycles. The first-order valence-corrected chi connectivity index (χ1v) is 7.75. The highest BCUT2D eigenvalue weighted by atomic mass is 35.5. The first kappa shape index (κ1) is 14.6. The number of hydrogen-bond donors (Lipinski definition) is 0. The smallest absolute Gasteiger partial charge is 0.0493 e. The molecule has 0 radical (unpaired) electrons. The van der Waals surface area contributed by atoms with Gasteiger partial charge in [0.15, 0.2) is 0 Å². The van der Waals surface area contributed by atoms with E-state index in [-0.39, 0.29) is 0 Å². The molecule has 0 aliphatic carbocycles. The van der Waals surface area contributed by atoms with Gasteiger partial charge in [0.25, 0.3) is 0 Å². The Morgan fingerprint density at radius 3 is 3.00 bits per heavy atom. The number of hydrogen-bond acceptors (Lipinski definition) is 2. The van der Waals surface area contributed by atoms with Crippen molar-refractivity contribution in [2.75, 3.05) is 13.1 Å². The summed E-state index contributed by atoms with van der Waals surface area (Å²) in [6.07, 6.45) is 7.09. The summed E-state index contributed by atoms with van der Waals surface area (Å²) in [6, 6.07) is 9.73. The van der Waals surface area contributed by atoms with Crippen molar-refractivity contribution in [3.8, 4) is 0 Å². The molecule has 0 unspecified atom stereocenters. The molecule has 1 aliphatic heterocycles. The van der Waals surface area contributed by atoms with E-state index in [1.165, 1.54) is 11.3 Å². The molecule has 4 heteroatoms. The van der Waals surface area contributed by atoms with E-state index in [9.17, 15) is 0 Å². The molecule has 0 amide bonds. The number of benzene rings is 1.